The highest BCUT2D eigenvalue weighted by atomic mass is 35.5. The predicted molar refractivity (Wildman–Crippen MR) is 110 cm³/mol. The fraction of sp³-hybridized carbons (Fsp3) is 0.0952. The van der Waals surface area contributed by atoms with E-state index in [1.165, 1.54) is 12.1 Å². The number of nitrogens with zero attached hydrogens (tertiary/aromatic N) is 1. The highest BCUT2D eigenvalue weighted by molar-refractivity contribution is 6.35. The van der Waals surface area contributed by atoms with Crippen molar-refractivity contribution in [1.29, 1.82) is 0 Å². The number of hydrogen-bond acceptors (Lipinski definition) is 3. The molecule has 0 unspecified atom stereocenters. The molecule has 0 bridgehead atoms. The van der Waals surface area contributed by atoms with Gasteiger partial charge in [-0.05, 0) is 54.1 Å². The Bertz CT molecular complexity index is 1010. The lowest BCUT2D eigenvalue weighted by molar-refractivity contribution is -0.137. The van der Waals surface area contributed by atoms with Gasteiger partial charge in [-0.3, -0.25) is 5.43 Å². The van der Waals surface area contributed by atoms with E-state index in [1.54, 1.807) is 42.6 Å². The monoisotopic (exact) mass is 438 g/mol. The largest absolute Gasteiger partial charge is 0.489 e. The number of alkyl halides is 3. The molecule has 8 heteroatoms. The minimum Gasteiger partial charge on any atom is -0.489 e. The lowest BCUT2D eigenvalue weighted by atomic mass is 10.2. The quantitative estimate of drug-likeness (QED) is 0.330. The van der Waals surface area contributed by atoms with Crippen LogP contribution in [0.5, 0.6) is 5.75 Å². The van der Waals surface area contributed by atoms with Gasteiger partial charge >= 0.3 is 6.18 Å². The third-order valence-electron chi connectivity index (χ3n) is 3.89. The van der Waals surface area contributed by atoms with Gasteiger partial charge < -0.3 is 4.74 Å². The first-order chi connectivity index (χ1) is 13.8. The zero-order chi connectivity index (χ0) is 20.9. The summed E-state index contributed by atoms with van der Waals surface area (Å²) in [6.07, 6.45) is -2.82. The molecule has 0 heterocycles. The molecule has 29 heavy (non-hydrogen) atoms. The van der Waals surface area contributed by atoms with Crippen LogP contribution in [0.15, 0.2) is 71.8 Å². The molecule has 0 amide bonds. The maximum atomic E-state index is 12.6. The Labute approximate surface area is 175 Å². The van der Waals surface area contributed by atoms with Gasteiger partial charge in [0.15, 0.2) is 0 Å². The Balaban J connectivity index is 1.59. The van der Waals surface area contributed by atoms with Crippen LogP contribution >= 0.6 is 23.2 Å². The molecule has 3 aromatic rings. The van der Waals surface area contributed by atoms with Crippen molar-refractivity contribution in [3.63, 3.8) is 0 Å². The summed E-state index contributed by atoms with van der Waals surface area (Å²) in [6, 6.07) is 17.0. The van der Waals surface area contributed by atoms with Crippen molar-refractivity contribution < 1.29 is 17.9 Å². The van der Waals surface area contributed by atoms with Gasteiger partial charge in [0.1, 0.15) is 12.4 Å². The number of nitrogens with one attached hydrogen (secondary N) is 1. The van der Waals surface area contributed by atoms with Crippen LogP contribution < -0.4 is 10.2 Å². The van der Waals surface area contributed by atoms with E-state index in [2.05, 4.69) is 10.5 Å². The molecule has 0 aromatic heterocycles. The second-order valence-electron chi connectivity index (χ2n) is 6.04. The van der Waals surface area contributed by atoms with E-state index in [9.17, 15) is 13.2 Å². The van der Waals surface area contributed by atoms with Gasteiger partial charge in [0, 0.05) is 15.6 Å². The highest BCUT2D eigenvalue weighted by Gasteiger charge is 2.29. The Morgan fingerprint density at radius 3 is 2.41 bits per heavy atom. The lowest BCUT2D eigenvalue weighted by Gasteiger charge is -2.09. The molecular formula is C21H15Cl2F3N2O. The number of benzene rings is 3. The molecule has 3 rings (SSSR count). The Morgan fingerprint density at radius 1 is 0.966 bits per heavy atom. The molecule has 3 aromatic carbocycles. The lowest BCUT2D eigenvalue weighted by Crippen LogP contribution is -2.04. The SMILES string of the molecule is FC(F)(F)c1ccc(NN=Cc2cccc(OCc3ccc(Cl)cc3Cl)c2)cc1. The van der Waals surface area contributed by atoms with Gasteiger partial charge in [0.05, 0.1) is 17.5 Å². The standard InChI is InChI=1S/C21H15Cl2F3N2O/c22-17-7-4-15(20(23)11-17)13-29-19-3-1-2-14(10-19)12-27-28-18-8-5-16(6-9-18)21(24,25)26/h1-12,28H,13H2. The number of hydrazone groups is 1. The van der Waals surface area contributed by atoms with Crippen molar-refractivity contribution in [2.24, 2.45) is 5.10 Å². The van der Waals surface area contributed by atoms with E-state index < -0.39 is 11.7 Å². The normalized spacial score (nSPS) is 11.6. The van der Waals surface area contributed by atoms with Crippen LogP contribution in [0, 0.1) is 0 Å². The van der Waals surface area contributed by atoms with Crippen LogP contribution in [0.1, 0.15) is 16.7 Å². The number of halogens is 5. The van der Waals surface area contributed by atoms with Crippen molar-refractivity contribution in [2.45, 2.75) is 12.8 Å². The number of rotatable bonds is 6. The molecule has 1 N–H and O–H groups in total. The van der Waals surface area contributed by atoms with Crippen molar-refractivity contribution in [2.75, 3.05) is 5.43 Å². The first-order valence-corrected chi connectivity index (χ1v) is 9.20. The van der Waals surface area contributed by atoms with E-state index >= 15 is 0 Å². The summed E-state index contributed by atoms with van der Waals surface area (Å²) in [6.45, 7) is 0.278. The van der Waals surface area contributed by atoms with E-state index in [1.807, 2.05) is 6.07 Å². The molecule has 0 fully saturated rings. The summed E-state index contributed by atoms with van der Waals surface area (Å²) < 4.78 is 43.4. The highest BCUT2D eigenvalue weighted by Crippen LogP contribution is 2.29. The van der Waals surface area contributed by atoms with Crippen LogP contribution in [-0.2, 0) is 12.8 Å². The summed E-state index contributed by atoms with van der Waals surface area (Å²) >= 11 is 12.0. The van der Waals surface area contributed by atoms with Crippen molar-refractivity contribution in [3.8, 4) is 5.75 Å². The zero-order valence-corrected chi connectivity index (χ0v) is 16.4. The molecule has 150 valence electrons. The predicted octanol–water partition coefficient (Wildman–Crippen LogP) is 7.04. The molecular weight excluding hydrogens is 424 g/mol. The van der Waals surface area contributed by atoms with E-state index in [0.717, 1.165) is 23.3 Å². The fourth-order valence-electron chi connectivity index (χ4n) is 2.40. The van der Waals surface area contributed by atoms with Gasteiger partial charge in [-0.15, -0.1) is 0 Å². The molecule has 0 saturated carbocycles. The molecule has 0 spiro atoms. The molecule has 0 aliphatic heterocycles. The van der Waals surface area contributed by atoms with E-state index in [0.29, 0.717) is 21.5 Å². The number of ether oxygens (including phenoxy) is 1. The molecule has 0 atom stereocenters. The number of hydrogen-bond donors (Lipinski definition) is 1. The summed E-state index contributed by atoms with van der Waals surface area (Å²) in [7, 11) is 0. The summed E-state index contributed by atoms with van der Waals surface area (Å²) in [4.78, 5) is 0. The third kappa shape index (κ3) is 6.14. The molecule has 0 saturated heterocycles. The third-order valence-corrected chi connectivity index (χ3v) is 4.47. The summed E-state index contributed by atoms with van der Waals surface area (Å²) in [5.41, 5.74) is 3.98. The van der Waals surface area contributed by atoms with Crippen molar-refractivity contribution in [1.82, 2.24) is 0 Å². The fourth-order valence-corrected chi connectivity index (χ4v) is 2.86. The molecule has 0 radical (unpaired) electrons. The molecule has 0 aliphatic carbocycles. The van der Waals surface area contributed by atoms with Gasteiger partial charge in [0.2, 0.25) is 0 Å². The van der Waals surface area contributed by atoms with Crippen LogP contribution in [0.25, 0.3) is 0 Å². The van der Waals surface area contributed by atoms with Crippen LogP contribution in [-0.4, -0.2) is 6.21 Å². The molecule has 0 aliphatic rings. The minimum absolute atomic E-state index is 0.278. The topological polar surface area (TPSA) is 33.6 Å². The second-order valence-corrected chi connectivity index (χ2v) is 6.89. The van der Waals surface area contributed by atoms with Crippen LogP contribution in [0.2, 0.25) is 10.0 Å². The molecule has 3 nitrogen and oxygen atoms in total. The zero-order valence-electron chi connectivity index (χ0n) is 14.9. The van der Waals surface area contributed by atoms with E-state index in [-0.39, 0.29) is 6.61 Å². The Kier molecular flexibility index (Phi) is 6.67. The van der Waals surface area contributed by atoms with Crippen molar-refractivity contribution >= 4 is 35.1 Å². The average molecular weight is 439 g/mol. The van der Waals surface area contributed by atoms with Crippen molar-refractivity contribution in [3.05, 3.63) is 93.5 Å². The van der Waals surface area contributed by atoms with E-state index in [4.69, 9.17) is 27.9 Å². The maximum absolute atomic E-state index is 12.6. The van der Waals surface area contributed by atoms with Crippen LogP contribution in [0.3, 0.4) is 0 Å². The number of anilines is 1. The van der Waals surface area contributed by atoms with Crippen LogP contribution in [0.4, 0.5) is 18.9 Å². The summed E-state index contributed by atoms with van der Waals surface area (Å²) in [5, 5.41) is 5.12. The summed E-state index contributed by atoms with van der Waals surface area (Å²) in [5.74, 6) is 0.620. The first kappa shape index (κ1) is 21.0. The van der Waals surface area contributed by atoms with Gasteiger partial charge in [0.25, 0.3) is 0 Å². The minimum atomic E-state index is -4.36. The van der Waals surface area contributed by atoms with Gasteiger partial charge in [-0.2, -0.15) is 18.3 Å². The van der Waals surface area contributed by atoms with Gasteiger partial charge in [-0.1, -0.05) is 41.4 Å². The Morgan fingerprint density at radius 2 is 1.72 bits per heavy atom. The van der Waals surface area contributed by atoms with Gasteiger partial charge in [-0.25, -0.2) is 0 Å². The maximum Gasteiger partial charge on any atom is 0.416 e. The average Bonchev–Trinajstić information content (AvgIpc) is 2.67. The Hall–Kier alpha value is -2.70. The first-order valence-electron chi connectivity index (χ1n) is 8.44. The second kappa shape index (κ2) is 9.20. The smallest absolute Gasteiger partial charge is 0.416 e.